The third-order valence-electron chi connectivity index (χ3n) is 3.92. The van der Waals surface area contributed by atoms with Gasteiger partial charge in [-0.1, -0.05) is 6.92 Å². The Balaban J connectivity index is 1.72. The Hall–Kier alpha value is -1.75. The van der Waals surface area contributed by atoms with Gasteiger partial charge in [-0.3, -0.25) is 9.78 Å². The molecule has 1 aliphatic heterocycles. The maximum atomic E-state index is 12.5. The van der Waals surface area contributed by atoms with Crippen LogP contribution in [0.3, 0.4) is 0 Å². The number of hydrogen-bond donors (Lipinski definition) is 0. The Bertz CT molecular complexity index is 611. The Morgan fingerprint density at radius 2 is 2.24 bits per heavy atom. The quantitative estimate of drug-likeness (QED) is 0.875. The van der Waals surface area contributed by atoms with Crippen molar-refractivity contribution in [2.24, 2.45) is 0 Å². The second-order valence-electron chi connectivity index (χ2n) is 5.36. The molecular weight excluding hydrogens is 282 g/mol. The van der Waals surface area contributed by atoms with E-state index in [0.717, 1.165) is 43.6 Å². The maximum Gasteiger partial charge on any atom is 0.253 e. The fourth-order valence-electron chi connectivity index (χ4n) is 2.71. The lowest BCUT2D eigenvalue weighted by atomic mass is 9.98. The average molecular weight is 301 g/mol. The van der Waals surface area contributed by atoms with Gasteiger partial charge in [-0.05, 0) is 31.4 Å². The van der Waals surface area contributed by atoms with E-state index in [4.69, 9.17) is 0 Å². The zero-order valence-electron chi connectivity index (χ0n) is 12.2. The fourth-order valence-corrected chi connectivity index (χ4v) is 3.74. The molecule has 0 radical (unpaired) electrons. The molecule has 1 fully saturated rings. The summed E-state index contributed by atoms with van der Waals surface area (Å²) >= 11 is 1.73. The fraction of sp³-hybridized carbons (Fsp3) is 0.438. The number of rotatable bonds is 3. The van der Waals surface area contributed by atoms with Gasteiger partial charge in [-0.25, -0.2) is 4.98 Å². The summed E-state index contributed by atoms with van der Waals surface area (Å²) in [7, 11) is 0. The first kappa shape index (κ1) is 14.2. The van der Waals surface area contributed by atoms with Crippen LogP contribution in [0.4, 0.5) is 0 Å². The second-order valence-corrected chi connectivity index (χ2v) is 6.25. The Morgan fingerprint density at radius 1 is 1.43 bits per heavy atom. The summed E-state index contributed by atoms with van der Waals surface area (Å²) in [5.74, 6) is 0.490. The predicted octanol–water partition coefficient (Wildman–Crippen LogP) is 3.12. The summed E-state index contributed by atoms with van der Waals surface area (Å²) in [5, 5.41) is 3.32. The smallest absolute Gasteiger partial charge is 0.253 e. The molecule has 0 saturated carbocycles. The number of hydrogen-bond acceptors (Lipinski definition) is 4. The number of carbonyl (C=O) groups excluding carboxylic acids is 1. The van der Waals surface area contributed by atoms with E-state index in [1.165, 1.54) is 5.01 Å². The molecule has 1 saturated heterocycles. The first-order chi connectivity index (χ1) is 10.3. The van der Waals surface area contributed by atoms with Gasteiger partial charge in [-0.2, -0.15) is 0 Å². The molecular formula is C16H19N3OS. The van der Waals surface area contributed by atoms with Gasteiger partial charge in [0.15, 0.2) is 0 Å². The minimum Gasteiger partial charge on any atom is -0.338 e. The van der Waals surface area contributed by atoms with Crippen molar-refractivity contribution < 1.29 is 4.79 Å². The monoisotopic (exact) mass is 301 g/mol. The number of pyridine rings is 1. The van der Waals surface area contributed by atoms with Crippen LogP contribution in [0.5, 0.6) is 0 Å². The van der Waals surface area contributed by atoms with Crippen molar-refractivity contribution in [3.8, 4) is 0 Å². The number of aryl methyl sites for hydroxylation is 1. The van der Waals surface area contributed by atoms with Crippen LogP contribution in [0, 0.1) is 0 Å². The summed E-state index contributed by atoms with van der Waals surface area (Å²) in [5.41, 5.74) is 1.88. The SMILES string of the molecule is CCc1csc([C@@H]2CCCN(C(=O)c3ccncc3)C2)n1. The summed E-state index contributed by atoms with van der Waals surface area (Å²) < 4.78 is 0. The van der Waals surface area contributed by atoms with E-state index in [0.29, 0.717) is 5.92 Å². The zero-order chi connectivity index (χ0) is 14.7. The highest BCUT2D eigenvalue weighted by atomic mass is 32.1. The largest absolute Gasteiger partial charge is 0.338 e. The van der Waals surface area contributed by atoms with Crippen LogP contribution >= 0.6 is 11.3 Å². The third-order valence-corrected chi connectivity index (χ3v) is 4.97. The Morgan fingerprint density at radius 3 is 2.95 bits per heavy atom. The first-order valence-corrected chi connectivity index (χ1v) is 8.29. The van der Waals surface area contributed by atoms with Crippen molar-refractivity contribution in [1.82, 2.24) is 14.9 Å². The van der Waals surface area contributed by atoms with Crippen molar-refractivity contribution in [2.75, 3.05) is 13.1 Å². The topological polar surface area (TPSA) is 46.1 Å². The number of amides is 1. The van der Waals surface area contributed by atoms with Gasteiger partial charge in [0, 0.05) is 42.3 Å². The molecule has 0 N–H and O–H groups in total. The lowest BCUT2D eigenvalue weighted by Crippen LogP contribution is -2.39. The van der Waals surface area contributed by atoms with Gasteiger partial charge in [0.2, 0.25) is 0 Å². The molecule has 3 rings (SSSR count). The summed E-state index contributed by atoms with van der Waals surface area (Å²) in [4.78, 5) is 23.1. The maximum absolute atomic E-state index is 12.5. The van der Waals surface area contributed by atoms with Gasteiger partial charge in [0.25, 0.3) is 5.91 Å². The number of nitrogens with zero attached hydrogens (tertiary/aromatic N) is 3. The van der Waals surface area contributed by atoms with E-state index in [1.54, 1.807) is 35.9 Å². The van der Waals surface area contributed by atoms with Crippen molar-refractivity contribution in [3.05, 3.63) is 46.2 Å². The van der Waals surface area contributed by atoms with E-state index in [9.17, 15) is 4.79 Å². The van der Waals surface area contributed by atoms with Gasteiger partial charge >= 0.3 is 0 Å². The number of likely N-dealkylation sites (tertiary alicyclic amines) is 1. The third kappa shape index (κ3) is 3.13. The number of piperidine rings is 1. The molecule has 3 heterocycles. The minimum absolute atomic E-state index is 0.106. The van der Waals surface area contributed by atoms with Crippen molar-refractivity contribution in [3.63, 3.8) is 0 Å². The van der Waals surface area contributed by atoms with Crippen LogP contribution in [-0.2, 0) is 6.42 Å². The van der Waals surface area contributed by atoms with E-state index in [1.807, 2.05) is 4.90 Å². The van der Waals surface area contributed by atoms with Crippen LogP contribution in [0.15, 0.2) is 29.9 Å². The van der Waals surface area contributed by atoms with Gasteiger partial charge < -0.3 is 4.90 Å². The Labute approximate surface area is 128 Å². The van der Waals surface area contributed by atoms with Crippen LogP contribution < -0.4 is 0 Å². The lowest BCUT2D eigenvalue weighted by Gasteiger charge is -2.31. The minimum atomic E-state index is 0.106. The molecule has 1 amide bonds. The molecule has 110 valence electrons. The lowest BCUT2D eigenvalue weighted by molar-refractivity contribution is 0.0707. The summed E-state index contributed by atoms with van der Waals surface area (Å²) in [6, 6.07) is 3.56. The molecule has 2 aromatic heterocycles. The van der Waals surface area contributed by atoms with Crippen LogP contribution in [0.1, 0.15) is 46.7 Å². The van der Waals surface area contributed by atoms with Crippen molar-refractivity contribution >= 4 is 17.2 Å². The highest BCUT2D eigenvalue weighted by Gasteiger charge is 2.27. The zero-order valence-corrected chi connectivity index (χ0v) is 13.0. The van der Waals surface area contributed by atoms with E-state index in [2.05, 4.69) is 22.3 Å². The highest BCUT2D eigenvalue weighted by molar-refractivity contribution is 7.09. The van der Waals surface area contributed by atoms with E-state index >= 15 is 0 Å². The second kappa shape index (κ2) is 6.35. The Kier molecular flexibility index (Phi) is 4.29. The summed E-state index contributed by atoms with van der Waals surface area (Å²) in [6.45, 7) is 3.74. The van der Waals surface area contributed by atoms with Gasteiger partial charge in [0.1, 0.15) is 0 Å². The molecule has 1 atom stereocenters. The van der Waals surface area contributed by atoms with Crippen molar-refractivity contribution in [1.29, 1.82) is 0 Å². The van der Waals surface area contributed by atoms with Crippen LogP contribution in [-0.4, -0.2) is 33.9 Å². The molecule has 4 nitrogen and oxygen atoms in total. The average Bonchev–Trinajstić information content (AvgIpc) is 3.04. The molecule has 1 aliphatic rings. The van der Waals surface area contributed by atoms with Gasteiger partial charge in [-0.15, -0.1) is 11.3 Å². The van der Waals surface area contributed by atoms with Crippen molar-refractivity contribution in [2.45, 2.75) is 32.1 Å². The number of thiazole rings is 1. The standard InChI is InChI=1S/C16H19N3OS/c1-2-14-11-21-15(18-14)13-4-3-9-19(10-13)16(20)12-5-7-17-8-6-12/h5-8,11,13H,2-4,9-10H2,1H3/t13-/m1/s1. The van der Waals surface area contributed by atoms with E-state index in [-0.39, 0.29) is 5.91 Å². The van der Waals surface area contributed by atoms with Crippen LogP contribution in [0.2, 0.25) is 0 Å². The molecule has 21 heavy (non-hydrogen) atoms. The first-order valence-electron chi connectivity index (χ1n) is 7.41. The molecule has 0 unspecified atom stereocenters. The summed E-state index contributed by atoms with van der Waals surface area (Å²) in [6.07, 6.45) is 6.48. The number of aromatic nitrogens is 2. The normalized spacial score (nSPS) is 18.7. The molecule has 0 aromatic carbocycles. The van der Waals surface area contributed by atoms with Gasteiger partial charge in [0.05, 0.1) is 10.7 Å². The molecule has 5 heteroatoms. The molecule has 0 bridgehead atoms. The molecule has 0 spiro atoms. The highest BCUT2D eigenvalue weighted by Crippen LogP contribution is 2.30. The van der Waals surface area contributed by atoms with E-state index < -0.39 is 0 Å². The molecule has 2 aromatic rings. The molecule has 0 aliphatic carbocycles. The predicted molar refractivity (Wildman–Crippen MR) is 83.6 cm³/mol. The number of carbonyl (C=O) groups is 1. The van der Waals surface area contributed by atoms with Crippen LogP contribution in [0.25, 0.3) is 0 Å².